The SMILES string of the molecule is CCCCNc1nc(N)c2nc(O)n(Cc3ccc(NC(=O)CCC(NC(=O)OCc4ccccc4)C(=O)OC)cc3)c2n1. The fourth-order valence-electron chi connectivity index (χ4n) is 4.29. The van der Waals surface area contributed by atoms with Gasteiger partial charge >= 0.3 is 12.1 Å². The number of nitrogens with two attached hydrogens (primary N) is 1. The van der Waals surface area contributed by atoms with Crippen LogP contribution in [0.4, 0.5) is 22.2 Å². The molecule has 44 heavy (non-hydrogen) atoms. The number of nitrogens with zero attached hydrogens (tertiary/aromatic N) is 4. The van der Waals surface area contributed by atoms with Gasteiger partial charge in [-0.3, -0.25) is 9.36 Å². The molecule has 4 aromatic rings. The number of fused-ring (bicyclic) bond motifs is 1. The van der Waals surface area contributed by atoms with Crippen LogP contribution >= 0.6 is 0 Å². The molecule has 0 saturated carbocycles. The van der Waals surface area contributed by atoms with Crippen molar-refractivity contribution in [3.05, 3.63) is 65.7 Å². The van der Waals surface area contributed by atoms with Gasteiger partial charge in [0.2, 0.25) is 11.9 Å². The van der Waals surface area contributed by atoms with Gasteiger partial charge in [0.05, 0.1) is 13.7 Å². The van der Waals surface area contributed by atoms with Crippen molar-refractivity contribution in [3.8, 4) is 6.01 Å². The zero-order chi connectivity index (χ0) is 31.5. The van der Waals surface area contributed by atoms with E-state index in [4.69, 9.17) is 15.2 Å². The van der Waals surface area contributed by atoms with Crippen LogP contribution in [-0.4, -0.2) is 62.3 Å². The Kier molecular flexibility index (Phi) is 10.9. The lowest BCUT2D eigenvalue weighted by atomic mass is 10.1. The first kappa shape index (κ1) is 31.5. The summed E-state index contributed by atoms with van der Waals surface area (Å²) < 4.78 is 11.5. The van der Waals surface area contributed by atoms with E-state index in [1.165, 1.54) is 11.7 Å². The number of rotatable bonds is 14. The number of unbranched alkanes of at least 4 members (excludes halogenated alkanes) is 1. The van der Waals surface area contributed by atoms with Gasteiger partial charge < -0.3 is 36.3 Å². The van der Waals surface area contributed by atoms with Gasteiger partial charge in [0.1, 0.15) is 12.6 Å². The van der Waals surface area contributed by atoms with Gasteiger partial charge in [-0.1, -0.05) is 55.8 Å². The lowest BCUT2D eigenvalue weighted by molar-refractivity contribution is -0.143. The van der Waals surface area contributed by atoms with E-state index in [0.29, 0.717) is 29.3 Å². The minimum Gasteiger partial charge on any atom is -0.480 e. The third kappa shape index (κ3) is 8.56. The molecule has 2 heterocycles. The van der Waals surface area contributed by atoms with E-state index in [2.05, 4.69) is 37.8 Å². The van der Waals surface area contributed by atoms with Crippen LogP contribution in [-0.2, 0) is 32.2 Å². The molecule has 1 unspecified atom stereocenters. The van der Waals surface area contributed by atoms with E-state index in [1.54, 1.807) is 36.4 Å². The van der Waals surface area contributed by atoms with E-state index in [-0.39, 0.29) is 43.7 Å². The molecule has 0 fully saturated rings. The average Bonchev–Trinajstić information content (AvgIpc) is 3.34. The minimum atomic E-state index is -1.06. The second-order valence-electron chi connectivity index (χ2n) is 9.95. The van der Waals surface area contributed by atoms with Crippen LogP contribution < -0.4 is 21.7 Å². The Morgan fingerprint density at radius 1 is 1.02 bits per heavy atom. The summed E-state index contributed by atoms with van der Waals surface area (Å²) in [6, 6.07) is 14.8. The predicted octanol–water partition coefficient (Wildman–Crippen LogP) is 3.56. The Bertz CT molecular complexity index is 1580. The van der Waals surface area contributed by atoms with Crippen LogP contribution in [0, 0.1) is 0 Å². The molecule has 14 heteroatoms. The number of carbonyl (C=O) groups is 3. The molecular formula is C30H36N8O6. The Hall–Kier alpha value is -5.40. The van der Waals surface area contributed by atoms with Crippen molar-refractivity contribution in [2.24, 2.45) is 0 Å². The third-order valence-corrected chi connectivity index (χ3v) is 6.64. The monoisotopic (exact) mass is 604 g/mol. The molecular weight excluding hydrogens is 568 g/mol. The first-order valence-corrected chi connectivity index (χ1v) is 14.2. The largest absolute Gasteiger partial charge is 0.480 e. The minimum absolute atomic E-state index is 0.00425. The molecule has 4 rings (SSSR count). The van der Waals surface area contributed by atoms with E-state index >= 15 is 0 Å². The maximum Gasteiger partial charge on any atom is 0.408 e. The second-order valence-corrected chi connectivity index (χ2v) is 9.95. The number of hydrogen-bond acceptors (Lipinski definition) is 11. The van der Waals surface area contributed by atoms with Gasteiger partial charge in [0.25, 0.3) is 6.01 Å². The van der Waals surface area contributed by atoms with Crippen molar-refractivity contribution in [1.29, 1.82) is 0 Å². The molecule has 0 aliphatic heterocycles. The highest BCUT2D eigenvalue weighted by Gasteiger charge is 2.23. The molecule has 1 atom stereocenters. The van der Waals surface area contributed by atoms with Gasteiger partial charge in [0, 0.05) is 18.7 Å². The maximum atomic E-state index is 12.6. The standard InChI is InChI=1S/C30H36N8O6/c1-3-4-16-32-28-36-25(31)24-26(37-28)38(29(41)35-24)17-19-10-12-21(13-11-19)33-23(39)15-14-22(27(40)43-2)34-30(42)44-18-20-8-6-5-7-9-20/h5-13,22H,3-4,14-18H2,1-2H3,(H,33,39)(H,34,42)(H,35,41)(H3,31,32,36,37). The van der Waals surface area contributed by atoms with Gasteiger partial charge in [-0.2, -0.15) is 15.0 Å². The highest BCUT2D eigenvalue weighted by atomic mass is 16.6. The number of hydrogen-bond donors (Lipinski definition) is 5. The van der Waals surface area contributed by atoms with Crippen LogP contribution in [0.3, 0.4) is 0 Å². The van der Waals surface area contributed by atoms with Crippen molar-refractivity contribution in [2.45, 2.75) is 51.8 Å². The zero-order valence-corrected chi connectivity index (χ0v) is 24.6. The summed E-state index contributed by atoms with van der Waals surface area (Å²) in [5.74, 6) is -0.532. The molecule has 0 aliphatic rings. The highest BCUT2D eigenvalue weighted by molar-refractivity contribution is 5.91. The van der Waals surface area contributed by atoms with Gasteiger partial charge in [-0.15, -0.1) is 0 Å². The van der Waals surface area contributed by atoms with Crippen molar-refractivity contribution < 1.29 is 29.0 Å². The Balaban J connectivity index is 1.32. The molecule has 2 aromatic heterocycles. The number of nitrogen functional groups attached to an aromatic ring is 1. The van der Waals surface area contributed by atoms with Crippen LogP contribution in [0.15, 0.2) is 54.6 Å². The lowest BCUT2D eigenvalue weighted by Gasteiger charge is -2.16. The van der Waals surface area contributed by atoms with Crippen LogP contribution in [0.5, 0.6) is 6.01 Å². The summed E-state index contributed by atoms with van der Waals surface area (Å²) in [6.45, 7) is 3.05. The number of benzene rings is 2. The summed E-state index contributed by atoms with van der Waals surface area (Å²) in [5.41, 5.74) is 8.88. The van der Waals surface area contributed by atoms with E-state index < -0.39 is 18.1 Å². The van der Waals surface area contributed by atoms with E-state index in [0.717, 1.165) is 24.0 Å². The molecule has 0 spiro atoms. The highest BCUT2D eigenvalue weighted by Crippen LogP contribution is 2.25. The normalized spacial score (nSPS) is 11.5. The summed E-state index contributed by atoms with van der Waals surface area (Å²) in [7, 11) is 1.20. The topological polar surface area (TPSA) is 196 Å². The number of anilines is 3. The lowest BCUT2D eigenvalue weighted by Crippen LogP contribution is -2.42. The first-order valence-electron chi connectivity index (χ1n) is 14.2. The number of imidazole rings is 1. The summed E-state index contributed by atoms with van der Waals surface area (Å²) in [5, 5.41) is 18.8. The van der Waals surface area contributed by atoms with Gasteiger partial charge in [-0.05, 0) is 36.1 Å². The molecule has 6 N–H and O–H groups in total. The molecule has 0 aliphatic carbocycles. The van der Waals surface area contributed by atoms with Crippen LogP contribution in [0.2, 0.25) is 0 Å². The molecule has 14 nitrogen and oxygen atoms in total. The number of nitrogens with one attached hydrogen (secondary N) is 3. The molecule has 2 amide bonds. The number of aromatic nitrogens is 4. The number of aromatic hydroxyl groups is 1. The van der Waals surface area contributed by atoms with Crippen LogP contribution in [0.25, 0.3) is 11.2 Å². The van der Waals surface area contributed by atoms with Crippen molar-refractivity contribution in [1.82, 2.24) is 24.8 Å². The average molecular weight is 605 g/mol. The van der Waals surface area contributed by atoms with E-state index in [1.807, 2.05) is 18.2 Å². The molecule has 232 valence electrons. The summed E-state index contributed by atoms with van der Waals surface area (Å²) in [6.07, 6.45) is 1.10. The summed E-state index contributed by atoms with van der Waals surface area (Å²) >= 11 is 0. The second kappa shape index (κ2) is 15.2. The number of alkyl carbamates (subject to hydrolysis) is 1. The zero-order valence-electron chi connectivity index (χ0n) is 24.6. The Morgan fingerprint density at radius 2 is 1.77 bits per heavy atom. The van der Waals surface area contributed by atoms with Crippen molar-refractivity contribution >= 4 is 46.6 Å². The maximum absolute atomic E-state index is 12.6. The number of ether oxygens (including phenoxy) is 2. The van der Waals surface area contributed by atoms with Crippen molar-refractivity contribution in [2.75, 3.05) is 30.0 Å². The molecule has 0 radical (unpaired) electrons. The third-order valence-electron chi connectivity index (χ3n) is 6.64. The fraction of sp³-hybridized carbons (Fsp3) is 0.333. The smallest absolute Gasteiger partial charge is 0.408 e. The van der Waals surface area contributed by atoms with E-state index in [9.17, 15) is 19.5 Å². The number of amides is 2. The summed E-state index contributed by atoms with van der Waals surface area (Å²) in [4.78, 5) is 49.9. The molecule has 0 saturated heterocycles. The number of carbonyl (C=O) groups excluding carboxylic acids is 3. The van der Waals surface area contributed by atoms with Crippen LogP contribution in [0.1, 0.15) is 43.7 Å². The number of methoxy groups -OCH3 is 1. The quantitative estimate of drug-likeness (QED) is 0.104. The molecule has 0 bridgehead atoms. The Morgan fingerprint density at radius 3 is 2.48 bits per heavy atom. The fourth-order valence-corrected chi connectivity index (χ4v) is 4.29. The Labute approximate surface area is 254 Å². The first-order chi connectivity index (χ1) is 21.3. The van der Waals surface area contributed by atoms with Crippen molar-refractivity contribution in [3.63, 3.8) is 0 Å². The van der Waals surface area contributed by atoms with Gasteiger partial charge in [-0.25, -0.2) is 9.59 Å². The predicted molar refractivity (Wildman–Crippen MR) is 164 cm³/mol. The molecule has 2 aromatic carbocycles. The van der Waals surface area contributed by atoms with Gasteiger partial charge in [0.15, 0.2) is 17.0 Å². The number of esters is 1.